The maximum Gasteiger partial charge on any atom is 0.0400 e. The first-order chi connectivity index (χ1) is 8.32. The minimum Gasteiger partial charge on any atom is -0.377 e. The Morgan fingerprint density at radius 3 is 2.00 bits per heavy atom. The van der Waals surface area contributed by atoms with E-state index in [1.165, 1.54) is 27.6 Å². The van der Waals surface area contributed by atoms with Crippen LogP contribution in [-0.2, 0) is 5.41 Å². The van der Waals surface area contributed by atoms with Crippen molar-refractivity contribution in [3.05, 3.63) is 41.5 Å². The molecule has 0 radical (unpaired) electrons. The van der Waals surface area contributed by atoms with Crippen LogP contribution in [-0.4, -0.2) is 14.1 Å². The number of rotatable bonds is 1. The fourth-order valence-electron chi connectivity index (χ4n) is 2.59. The van der Waals surface area contributed by atoms with Crippen LogP contribution in [0.25, 0.3) is 10.8 Å². The molecule has 0 atom stereocenters. The van der Waals surface area contributed by atoms with Crippen molar-refractivity contribution in [3.63, 3.8) is 0 Å². The highest BCUT2D eigenvalue weighted by molar-refractivity contribution is 5.93. The smallest absolute Gasteiger partial charge is 0.0400 e. The Hall–Kier alpha value is -1.50. The first kappa shape index (κ1) is 12.9. The van der Waals surface area contributed by atoms with E-state index < -0.39 is 0 Å². The van der Waals surface area contributed by atoms with Gasteiger partial charge in [-0.25, -0.2) is 0 Å². The van der Waals surface area contributed by atoms with Crippen molar-refractivity contribution >= 4 is 16.5 Å². The lowest BCUT2D eigenvalue weighted by Gasteiger charge is -2.26. The van der Waals surface area contributed by atoms with E-state index >= 15 is 0 Å². The third-order valence-corrected chi connectivity index (χ3v) is 3.58. The fraction of sp³-hybridized carbons (Fsp3) is 0.412. The normalized spacial score (nSPS) is 11.9. The van der Waals surface area contributed by atoms with Gasteiger partial charge in [-0.2, -0.15) is 0 Å². The summed E-state index contributed by atoms with van der Waals surface area (Å²) in [4.78, 5) is 2.21. The van der Waals surface area contributed by atoms with Crippen molar-refractivity contribution in [2.24, 2.45) is 0 Å². The Kier molecular flexibility index (Phi) is 3.10. The first-order valence-corrected chi connectivity index (χ1v) is 6.52. The summed E-state index contributed by atoms with van der Waals surface area (Å²) in [7, 11) is 4.23. The minimum absolute atomic E-state index is 0.165. The van der Waals surface area contributed by atoms with E-state index in [1.54, 1.807) is 0 Å². The molecule has 96 valence electrons. The molecule has 1 heteroatoms. The van der Waals surface area contributed by atoms with E-state index in [9.17, 15) is 0 Å². The van der Waals surface area contributed by atoms with Gasteiger partial charge < -0.3 is 4.90 Å². The van der Waals surface area contributed by atoms with E-state index in [1.807, 2.05) is 0 Å². The summed E-state index contributed by atoms with van der Waals surface area (Å²) in [6.07, 6.45) is 0. The fourth-order valence-corrected chi connectivity index (χ4v) is 2.59. The number of aryl methyl sites for hydroxylation is 1. The topological polar surface area (TPSA) is 3.24 Å². The SMILES string of the molecule is Cc1c(N(C)C)cc(C(C)(C)C)c2ccccc12. The second-order valence-electron chi connectivity index (χ2n) is 6.26. The second-order valence-corrected chi connectivity index (χ2v) is 6.26. The molecule has 0 amide bonds. The molecule has 0 bridgehead atoms. The summed E-state index contributed by atoms with van der Waals surface area (Å²) in [5, 5.41) is 2.75. The number of anilines is 1. The molecule has 2 aromatic rings. The number of benzene rings is 2. The van der Waals surface area contributed by atoms with Crippen molar-refractivity contribution in [3.8, 4) is 0 Å². The minimum atomic E-state index is 0.165. The molecular formula is C17H23N. The van der Waals surface area contributed by atoms with Gasteiger partial charge in [0.15, 0.2) is 0 Å². The lowest BCUT2D eigenvalue weighted by molar-refractivity contribution is 0.596. The molecule has 1 nitrogen and oxygen atoms in total. The zero-order valence-electron chi connectivity index (χ0n) is 12.3. The maximum atomic E-state index is 2.34. The lowest BCUT2D eigenvalue weighted by atomic mass is 9.82. The van der Waals surface area contributed by atoms with Crippen molar-refractivity contribution in [1.29, 1.82) is 0 Å². The zero-order valence-corrected chi connectivity index (χ0v) is 12.3. The van der Waals surface area contributed by atoms with E-state index in [4.69, 9.17) is 0 Å². The van der Waals surface area contributed by atoms with Crippen molar-refractivity contribution in [1.82, 2.24) is 0 Å². The van der Waals surface area contributed by atoms with Gasteiger partial charge in [-0.15, -0.1) is 0 Å². The van der Waals surface area contributed by atoms with Crippen molar-refractivity contribution in [2.45, 2.75) is 33.1 Å². The van der Waals surface area contributed by atoms with Gasteiger partial charge in [-0.3, -0.25) is 0 Å². The van der Waals surface area contributed by atoms with Gasteiger partial charge in [0.05, 0.1) is 0 Å². The number of nitrogens with zero attached hydrogens (tertiary/aromatic N) is 1. The molecule has 18 heavy (non-hydrogen) atoms. The van der Waals surface area contributed by atoms with Crippen LogP contribution in [0.1, 0.15) is 31.9 Å². The van der Waals surface area contributed by atoms with Crippen LogP contribution < -0.4 is 4.90 Å². The van der Waals surface area contributed by atoms with Crippen LogP contribution in [0.15, 0.2) is 30.3 Å². The Morgan fingerprint density at radius 2 is 1.50 bits per heavy atom. The summed E-state index contributed by atoms with van der Waals surface area (Å²) in [5.41, 5.74) is 4.27. The molecule has 0 saturated heterocycles. The van der Waals surface area contributed by atoms with Gasteiger partial charge in [-0.1, -0.05) is 45.0 Å². The van der Waals surface area contributed by atoms with Crippen LogP contribution in [0, 0.1) is 6.92 Å². The molecule has 2 rings (SSSR count). The number of hydrogen-bond donors (Lipinski definition) is 0. The predicted octanol–water partition coefficient (Wildman–Crippen LogP) is 4.51. The first-order valence-electron chi connectivity index (χ1n) is 6.52. The van der Waals surface area contributed by atoms with Crippen molar-refractivity contribution < 1.29 is 0 Å². The molecule has 0 aliphatic rings. The molecule has 2 aromatic carbocycles. The molecule has 0 unspecified atom stereocenters. The molecular weight excluding hydrogens is 218 g/mol. The predicted molar refractivity (Wildman–Crippen MR) is 81.7 cm³/mol. The van der Waals surface area contributed by atoms with Crippen LogP contribution in [0.4, 0.5) is 5.69 Å². The maximum absolute atomic E-state index is 2.34. The van der Waals surface area contributed by atoms with E-state index in [-0.39, 0.29) is 5.41 Å². The summed E-state index contributed by atoms with van der Waals surface area (Å²) in [5.74, 6) is 0. The Morgan fingerprint density at radius 1 is 0.944 bits per heavy atom. The third kappa shape index (κ3) is 2.10. The number of hydrogen-bond acceptors (Lipinski definition) is 1. The summed E-state index contributed by atoms with van der Waals surface area (Å²) in [6, 6.07) is 11.1. The third-order valence-electron chi connectivity index (χ3n) is 3.58. The van der Waals surface area contributed by atoms with E-state index in [2.05, 4.69) is 77.0 Å². The molecule has 0 fully saturated rings. The highest BCUT2D eigenvalue weighted by atomic mass is 15.1. The van der Waals surface area contributed by atoms with Gasteiger partial charge >= 0.3 is 0 Å². The monoisotopic (exact) mass is 241 g/mol. The molecule has 0 heterocycles. The standard InChI is InChI=1S/C17H23N/c1-12-13-9-7-8-10-14(13)15(17(2,3)4)11-16(12)18(5)6/h7-11H,1-6H3. The largest absolute Gasteiger partial charge is 0.377 e. The average Bonchev–Trinajstić information content (AvgIpc) is 2.27. The van der Waals surface area contributed by atoms with E-state index in [0.717, 1.165) is 0 Å². The zero-order chi connectivity index (χ0) is 13.5. The van der Waals surface area contributed by atoms with E-state index in [0.29, 0.717) is 0 Å². The quantitative estimate of drug-likeness (QED) is 0.710. The lowest BCUT2D eigenvalue weighted by Crippen LogP contribution is -2.16. The molecule has 0 spiro atoms. The Bertz CT molecular complexity index is 574. The molecule has 0 aromatic heterocycles. The highest BCUT2D eigenvalue weighted by Crippen LogP contribution is 2.36. The van der Waals surface area contributed by atoms with Gasteiger partial charge in [0, 0.05) is 19.8 Å². The van der Waals surface area contributed by atoms with Crippen LogP contribution >= 0.6 is 0 Å². The number of fused-ring (bicyclic) bond motifs is 1. The van der Waals surface area contributed by atoms with Crippen molar-refractivity contribution in [2.75, 3.05) is 19.0 Å². The van der Waals surface area contributed by atoms with Gasteiger partial charge in [0.1, 0.15) is 0 Å². The Balaban J connectivity index is 2.89. The van der Waals surface area contributed by atoms with Gasteiger partial charge in [0.2, 0.25) is 0 Å². The summed E-state index contributed by atoms with van der Waals surface area (Å²) < 4.78 is 0. The van der Waals surface area contributed by atoms with Crippen LogP contribution in [0.3, 0.4) is 0 Å². The van der Waals surface area contributed by atoms with Crippen LogP contribution in [0.2, 0.25) is 0 Å². The highest BCUT2D eigenvalue weighted by Gasteiger charge is 2.19. The summed E-state index contributed by atoms with van der Waals surface area (Å²) >= 11 is 0. The van der Waals surface area contributed by atoms with Crippen LogP contribution in [0.5, 0.6) is 0 Å². The van der Waals surface area contributed by atoms with Gasteiger partial charge in [-0.05, 0) is 40.3 Å². The molecule has 0 N–H and O–H groups in total. The van der Waals surface area contributed by atoms with Gasteiger partial charge in [0.25, 0.3) is 0 Å². The molecule has 0 saturated carbocycles. The summed E-state index contributed by atoms with van der Waals surface area (Å²) in [6.45, 7) is 9.06. The average molecular weight is 241 g/mol. The second kappa shape index (κ2) is 4.31. The Labute approximate surface area is 110 Å². The molecule has 0 aliphatic carbocycles. The molecule has 0 aliphatic heterocycles.